The van der Waals surface area contributed by atoms with Gasteiger partial charge in [-0.25, -0.2) is 0 Å². The Morgan fingerprint density at radius 1 is 1.13 bits per heavy atom. The number of rotatable bonds is 3. The van der Waals surface area contributed by atoms with Crippen molar-refractivity contribution in [1.29, 1.82) is 0 Å². The van der Waals surface area contributed by atoms with Gasteiger partial charge in [0.2, 0.25) is 0 Å². The lowest BCUT2D eigenvalue weighted by Gasteiger charge is -2.04. The lowest BCUT2D eigenvalue weighted by Crippen LogP contribution is -1.84. The highest BCUT2D eigenvalue weighted by molar-refractivity contribution is 5.88. The Morgan fingerprint density at radius 2 is 2.00 bits per heavy atom. The summed E-state index contributed by atoms with van der Waals surface area (Å²) in [6, 6.07) is 12.0. The van der Waals surface area contributed by atoms with Crippen LogP contribution in [0.15, 0.2) is 36.4 Å². The van der Waals surface area contributed by atoms with Crippen LogP contribution in [0.4, 0.5) is 0 Å². The van der Waals surface area contributed by atoms with Crippen molar-refractivity contribution in [3.8, 4) is 5.75 Å². The van der Waals surface area contributed by atoms with Crippen molar-refractivity contribution in [3.63, 3.8) is 0 Å². The van der Waals surface area contributed by atoms with Gasteiger partial charge in [-0.05, 0) is 35.9 Å². The molecule has 0 unspecified atom stereocenters. The normalized spacial score (nSPS) is 10.7. The molecule has 0 aliphatic rings. The van der Waals surface area contributed by atoms with E-state index in [-0.39, 0.29) is 0 Å². The van der Waals surface area contributed by atoms with Gasteiger partial charge in [0.15, 0.2) is 0 Å². The van der Waals surface area contributed by atoms with Crippen molar-refractivity contribution >= 4 is 10.8 Å². The van der Waals surface area contributed by atoms with Crippen LogP contribution in [0.2, 0.25) is 0 Å². The molecule has 0 atom stereocenters. The Labute approximate surface area is 90.4 Å². The van der Waals surface area contributed by atoms with Crippen LogP contribution >= 0.6 is 0 Å². The number of fused-ring (bicyclic) bond motifs is 1. The third-order valence-electron chi connectivity index (χ3n) is 2.74. The van der Waals surface area contributed by atoms with E-state index in [1.54, 1.807) is 6.07 Å². The van der Waals surface area contributed by atoms with Crippen LogP contribution in [-0.2, 0) is 6.42 Å². The van der Waals surface area contributed by atoms with Gasteiger partial charge in [0, 0.05) is 5.39 Å². The van der Waals surface area contributed by atoms with E-state index in [0.717, 1.165) is 17.2 Å². The van der Waals surface area contributed by atoms with Gasteiger partial charge in [0.1, 0.15) is 5.75 Å². The molecule has 2 aromatic rings. The fourth-order valence-corrected chi connectivity index (χ4v) is 1.84. The summed E-state index contributed by atoms with van der Waals surface area (Å²) in [6.07, 6.45) is 3.51. The molecule has 0 aromatic heterocycles. The number of aromatic hydroxyl groups is 1. The Kier molecular flexibility index (Phi) is 2.91. The first-order valence-corrected chi connectivity index (χ1v) is 5.52. The van der Waals surface area contributed by atoms with Crippen molar-refractivity contribution in [2.45, 2.75) is 26.2 Å². The summed E-state index contributed by atoms with van der Waals surface area (Å²) in [7, 11) is 0. The molecule has 0 aliphatic heterocycles. The van der Waals surface area contributed by atoms with Gasteiger partial charge in [-0.2, -0.15) is 0 Å². The standard InChI is InChI=1S/C14H16O/c1-2-3-5-11-8-9-12-6-4-7-14(15)13(12)10-11/h4,6-10,15H,2-3,5H2,1H3. The van der Waals surface area contributed by atoms with Gasteiger partial charge in [-0.15, -0.1) is 0 Å². The molecule has 0 saturated carbocycles. The highest BCUT2D eigenvalue weighted by Gasteiger charge is 2.00. The van der Waals surface area contributed by atoms with E-state index in [1.165, 1.54) is 18.4 Å². The van der Waals surface area contributed by atoms with Crippen molar-refractivity contribution < 1.29 is 5.11 Å². The number of phenolic OH excluding ortho intramolecular Hbond substituents is 1. The molecule has 0 aliphatic carbocycles. The minimum Gasteiger partial charge on any atom is -0.507 e. The first-order valence-electron chi connectivity index (χ1n) is 5.52. The molecule has 0 fully saturated rings. The molecule has 15 heavy (non-hydrogen) atoms. The zero-order chi connectivity index (χ0) is 10.7. The molecule has 0 heterocycles. The summed E-state index contributed by atoms with van der Waals surface area (Å²) in [6.45, 7) is 2.19. The largest absolute Gasteiger partial charge is 0.507 e. The van der Waals surface area contributed by atoms with Gasteiger partial charge in [-0.3, -0.25) is 0 Å². The topological polar surface area (TPSA) is 20.2 Å². The Hall–Kier alpha value is -1.50. The minimum absolute atomic E-state index is 0.380. The van der Waals surface area contributed by atoms with E-state index >= 15 is 0 Å². The van der Waals surface area contributed by atoms with E-state index in [4.69, 9.17) is 0 Å². The molecule has 2 aromatic carbocycles. The summed E-state index contributed by atoms with van der Waals surface area (Å²) in [5.41, 5.74) is 1.31. The third-order valence-corrected chi connectivity index (χ3v) is 2.74. The second-order valence-corrected chi connectivity index (χ2v) is 3.94. The molecule has 0 saturated heterocycles. The van der Waals surface area contributed by atoms with Gasteiger partial charge in [0.05, 0.1) is 0 Å². The van der Waals surface area contributed by atoms with Crippen LogP contribution < -0.4 is 0 Å². The van der Waals surface area contributed by atoms with Gasteiger partial charge in [-0.1, -0.05) is 37.6 Å². The molecule has 0 radical (unpaired) electrons. The van der Waals surface area contributed by atoms with Crippen molar-refractivity contribution in [3.05, 3.63) is 42.0 Å². The van der Waals surface area contributed by atoms with Crippen molar-refractivity contribution in [2.24, 2.45) is 0 Å². The van der Waals surface area contributed by atoms with Crippen molar-refractivity contribution in [2.75, 3.05) is 0 Å². The number of aryl methyl sites for hydroxylation is 1. The molecule has 1 nitrogen and oxygen atoms in total. The smallest absolute Gasteiger partial charge is 0.123 e. The fraction of sp³-hybridized carbons (Fsp3) is 0.286. The van der Waals surface area contributed by atoms with Crippen LogP contribution in [0.1, 0.15) is 25.3 Å². The average Bonchev–Trinajstić information content (AvgIpc) is 2.27. The quantitative estimate of drug-likeness (QED) is 0.797. The number of hydrogen-bond donors (Lipinski definition) is 1. The van der Waals surface area contributed by atoms with E-state index < -0.39 is 0 Å². The monoisotopic (exact) mass is 200 g/mol. The maximum atomic E-state index is 9.72. The van der Waals surface area contributed by atoms with E-state index in [2.05, 4.69) is 25.1 Å². The van der Waals surface area contributed by atoms with Crippen molar-refractivity contribution in [1.82, 2.24) is 0 Å². The number of hydrogen-bond acceptors (Lipinski definition) is 1. The minimum atomic E-state index is 0.380. The molecule has 78 valence electrons. The highest BCUT2D eigenvalue weighted by atomic mass is 16.3. The molecule has 2 rings (SSSR count). The first-order chi connectivity index (χ1) is 7.31. The fourth-order valence-electron chi connectivity index (χ4n) is 1.84. The lowest BCUT2D eigenvalue weighted by atomic mass is 10.0. The Morgan fingerprint density at radius 3 is 2.80 bits per heavy atom. The zero-order valence-electron chi connectivity index (χ0n) is 9.03. The van der Waals surface area contributed by atoms with Crippen LogP contribution in [0.5, 0.6) is 5.75 Å². The summed E-state index contributed by atoms with van der Waals surface area (Å²) in [5.74, 6) is 0.380. The molecule has 1 N–H and O–H groups in total. The maximum absolute atomic E-state index is 9.72. The summed E-state index contributed by atoms with van der Waals surface area (Å²) in [4.78, 5) is 0. The van der Waals surface area contributed by atoms with Gasteiger partial charge < -0.3 is 5.11 Å². The van der Waals surface area contributed by atoms with Crippen LogP contribution in [0, 0.1) is 0 Å². The van der Waals surface area contributed by atoms with E-state index in [9.17, 15) is 5.11 Å². The molecular weight excluding hydrogens is 184 g/mol. The maximum Gasteiger partial charge on any atom is 0.123 e. The summed E-state index contributed by atoms with van der Waals surface area (Å²) >= 11 is 0. The van der Waals surface area contributed by atoms with Crippen LogP contribution in [-0.4, -0.2) is 5.11 Å². The number of phenols is 1. The predicted molar refractivity (Wildman–Crippen MR) is 64.2 cm³/mol. The Bertz CT molecular complexity index is 460. The molecule has 0 bridgehead atoms. The lowest BCUT2D eigenvalue weighted by molar-refractivity contribution is 0.481. The number of unbranched alkanes of at least 4 members (excludes halogenated alkanes) is 1. The molecular formula is C14H16O. The van der Waals surface area contributed by atoms with Crippen LogP contribution in [0.3, 0.4) is 0 Å². The first kappa shape index (κ1) is 10.0. The van der Waals surface area contributed by atoms with Gasteiger partial charge in [0.25, 0.3) is 0 Å². The Balaban J connectivity index is 2.41. The van der Waals surface area contributed by atoms with E-state index in [1.807, 2.05) is 12.1 Å². The second kappa shape index (κ2) is 4.35. The molecule has 1 heteroatoms. The third kappa shape index (κ3) is 2.12. The highest BCUT2D eigenvalue weighted by Crippen LogP contribution is 2.25. The number of benzene rings is 2. The SMILES string of the molecule is CCCCc1ccc2cccc(O)c2c1. The predicted octanol–water partition coefficient (Wildman–Crippen LogP) is 3.89. The van der Waals surface area contributed by atoms with Gasteiger partial charge >= 0.3 is 0 Å². The summed E-state index contributed by atoms with van der Waals surface area (Å²) < 4.78 is 0. The molecule has 0 spiro atoms. The average molecular weight is 200 g/mol. The van der Waals surface area contributed by atoms with E-state index in [0.29, 0.717) is 5.75 Å². The second-order valence-electron chi connectivity index (χ2n) is 3.94. The zero-order valence-corrected chi connectivity index (χ0v) is 9.03. The van der Waals surface area contributed by atoms with Crippen LogP contribution in [0.25, 0.3) is 10.8 Å². The summed E-state index contributed by atoms with van der Waals surface area (Å²) in [5, 5.41) is 11.8. The molecule has 0 amide bonds.